The number of halogens is 3. The van der Waals surface area contributed by atoms with Crippen molar-refractivity contribution in [3.63, 3.8) is 0 Å². The Labute approximate surface area is 190 Å². The van der Waals surface area contributed by atoms with E-state index in [4.69, 9.17) is 34.8 Å². The zero-order valence-electron chi connectivity index (χ0n) is 15.8. The van der Waals surface area contributed by atoms with Crippen LogP contribution in [0.5, 0.6) is 0 Å². The average molecular weight is 484 g/mol. The molecule has 9 heteroatoms. The lowest BCUT2D eigenvalue weighted by atomic mass is 10.2. The number of amides is 1. The van der Waals surface area contributed by atoms with Crippen molar-refractivity contribution in [2.45, 2.75) is 11.8 Å². The van der Waals surface area contributed by atoms with E-state index < -0.39 is 22.5 Å². The Morgan fingerprint density at radius 3 is 2.13 bits per heavy atom. The normalized spacial score (nSPS) is 11.2. The number of rotatable bonds is 6. The molecule has 0 spiro atoms. The summed E-state index contributed by atoms with van der Waals surface area (Å²) in [5.41, 5.74) is 1.46. The summed E-state index contributed by atoms with van der Waals surface area (Å²) >= 11 is 18.1. The predicted octanol–water partition coefficient (Wildman–Crippen LogP) is 5.79. The summed E-state index contributed by atoms with van der Waals surface area (Å²) in [6.07, 6.45) is 0. The molecular weight excluding hydrogens is 467 g/mol. The molecule has 0 unspecified atom stereocenters. The first-order chi connectivity index (χ1) is 14.2. The number of hydrogen-bond donors (Lipinski definition) is 1. The molecule has 0 heterocycles. The molecule has 0 radical (unpaired) electrons. The molecule has 156 valence electrons. The lowest BCUT2D eigenvalue weighted by Gasteiger charge is -2.24. The third-order valence-electron chi connectivity index (χ3n) is 4.22. The fourth-order valence-electron chi connectivity index (χ4n) is 2.81. The minimum absolute atomic E-state index is 0.0385. The Morgan fingerprint density at radius 2 is 1.53 bits per heavy atom. The molecule has 1 amide bonds. The second kappa shape index (κ2) is 9.27. The van der Waals surface area contributed by atoms with Crippen molar-refractivity contribution in [3.05, 3.63) is 87.4 Å². The smallest absolute Gasteiger partial charge is 0.264 e. The molecule has 30 heavy (non-hydrogen) atoms. The van der Waals surface area contributed by atoms with Crippen LogP contribution in [0.3, 0.4) is 0 Å². The molecule has 3 aromatic rings. The topological polar surface area (TPSA) is 66.5 Å². The molecule has 0 aliphatic rings. The van der Waals surface area contributed by atoms with Crippen LogP contribution in [0, 0.1) is 6.92 Å². The van der Waals surface area contributed by atoms with E-state index in [1.807, 2.05) is 0 Å². The van der Waals surface area contributed by atoms with Crippen molar-refractivity contribution in [2.24, 2.45) is 0 Å². The highest BCUT2D eigenvalue weighted by molar-refractivity contribution is 7.92. The van der Waals surface area contributed by atoms with E-state index in [9.17, 15) is 13.2 Å². The van der Waals surface area contributed by atoms with E-state index in [1.165, 1.54) is 30.3 Å². The van der Waals surface area contributed by atoms with Gasteiger partial charge >= 0.3 is 0 Å². The number of nitrogens with zero attached hydrogens (tertiary/aromatic N) is 1. The molecule has 3 rings (SSSR count). The average Bonchev–Trinajstić information content (AvgIpc) is 2.68. The fourth-order valence-corrected chi connectivity index (χ4v) is 4.97. The molecular formula is C21H17Cl3N2O3S. The van der Waals surface area contributed by atoms with E-state index in [0.717, 1.165) is 9.87 Å². The fraction of sp³-hybridized carbons (Fsp3) is 0.0952. The van der Waals surface area contributed by atoms with Crippen molar-refractivity contribution >= 4 is 62.1 Å². The summed E-state index contributed by atoms with van der Waals surface area (Å²) in [4.78, 5) is 12.8. The number of hydrogen-bond acceptors (Lipinski definition) is 3. The Morgan fingerprint density at radius 1 is 0.900 bits per heavy atom. The lowest BCUT2D eigenvalue weighted by molar-refractivity contribution is -0.114. The van der Waals surface area contributed by atoms with Crippen LogP contribution in [-0.2, 0) is 14.8 Å². The molecule has 5 nitrogen and oxygen atoms in total. The summed E-state index contributed by atoms with van der Waals surface area (Å²) in [5, 5.41) is 3.75. The molecule has 0 bridgehead atoms. The maximum Gasteiger partial charge on any atom is 0.264 e. The second-order valence-corrected chi connectivity index (χ2v) is 9.63. The highest BCUT2D eigenvalue weighted by atomic mass is 35.5. The van der Waals surface area contributed by atoms with Gasteiger partial charge in [-0.2, -0.15) is 0 Å². The Kier molecular flexibility index (Phi) is 6.93. The van der Waals surface area contributed by atoms with E-state index in [0.29, 0.717) is 10.7 Å². The first-order valence-corrected chi connectivity index (χ1v) is 11.3. The first-order valence-electron chi connectivity index (χ1n) is 8.77. The zero-order chi connectivity index (χ0) is 21.9. The second-order valence-electron chi connectivity index (χ2n) is 6.46. The van der Waals surface area contributed by atoms with Crippen LogP contribution in [0.2, 0.25) is 15.1 Å². The molecule has 1 N–H and O–H groups in total. The predicted molar refractivity (Wildman–Crippen MR) is 122 cm³/mol. The minimum atomic E-state index is -4.06. The minimum Gasteiger partial charge on any atom is -0.324 e. The van der Waals surface area contributed by atoms with E-state index in [-0.39, 0.29) is 20.6 Å². The van der Waals surface area contributed by atoms with Crippen LogP contribution in [-0.4, -0.2) is 20.9 Å². The van der Waals surface area contributed by atoms with Gasteiger partial charge in [0.1, 0.15) is 6.54 Å². The van der Waals surface area contributed by atoms with Gasteiger partial charge in [-0.3, -0.25) is 9.10 Å². The summed E-state index contributed by atoms with van der Waals surface area (Å²) < 4.78 is 27.6. The number of carbonyl (C=O) groups excluding carboxylic acids is 1. The van der Waals surface area contributed by atoms with Crippen LogP contribution in [0.1, 0.15) is 5.56 Å². The van der Waals surface area contributed by atoms with Gasteiger partial charge in [-0.15, -0.1) is 0 Å². The number of nitrogens with one attached hydrogen (secondary N) is 1. The van der Waals surface area contributed by atoms with Gasteiger partial charge < -0.3 is 5.32 Å². The van der Waals surface area contributed by atoms with Crippen LogP contribution in [0.4, 0.5) is 11.4 Å². The van der Waals surface area contributed by atoms with Gasteiger partial charge in [-0.25, -0.2) is 8.42 Å². The molecule has 3 aromatic carbocycles. The van der Waals surface area contributed by atoms with Gasteiger partial charge in [0.25, 0.3) is 10.0 Å². The summed E-state index contributed by atoms with van der Waals surface area (Å²) in [6, 6.07) is 17.2. The van der Waals surface area contributed by atoms with Crippen LogP contribution >= 0.6 is 34.8 Å². The molecule has 0 aliphatic heterocycles. The number of carbonyl (C=O) groups is 1. The lowest BCUT2D eigenvalue weighted by Crippen LogP contribution is -2.38. The number of benzene rings is 3. The Balaban J connectivity index is 1.98. The molecule has 0 saturated heterocycles. The van der Waals surface area contributed by atoms with Crippen molar-refractivity contribution in [1.82, 2.24) is 0 Å². The van der Waals surface area contributed by atoms with E-state index in [2.05, 4.69) is 5.32 Å². The Hall–Kier alpha value is -2.25. The third-order valence-corrected chi connectivity index (χ3v) is 6.68. The Bertz CT molecular complexity index is 1170. The van der Waals surface area contributed by atoms with Crippen molar-refractivity contribution in [2.75, 3.05) is 16.2 Å². The van der Waals surface area contributed by atoms with E-state index >= 15 is 0 Å². The van der Waals surface area contributed by atoms with Crippen LogP contribution in [0.25, 0.3) is 0 Å². The van der Waals surface area contributed by atoms with Gasteiger partial charge in [0, 0.05) is 20.8 Å². The maximum absolute atomic E-state index is 13.3. The summed E-state index contributed by atoms with van der Waals surface area (Å²) in [5.74, 6) is -0.531. The molecule has 0 saturated carbocycles. The largest absolute Gasteiger partial charge is 0.324 e. The molecule has 0 aromatic heterocycles. The number of sulfonamides is 1. The van der Waals surface area contributed by atoms with Crippen molar-refractivity contribution in [3.8, 4) is 0 Å². The quantitative estimate of drug-likeness (QED) is 0.482. The van der Waals surface area contributed by atoms with Crippen molar-refractivity contribution in [1.29, 1.82) is 0 Å². The third kappa shape index (κ3) is 5.26. The standard InChI is InChI=1S/C21H17Cl3N2O3S/c1-14-9-15(22)7-8-20(14)25-21(27)13-26(18-11-16(23)10-17(24)12-18)30(28,29)19-5-3-2-4-6-19/h2-12H,13H2,1H3,(H,25,27). The number of aryl methyl sites for hydroxylation is 1. The zero-order valence-corrected chi connectivity index (χ0v) is 18.9. The SMILES string of the molecule is Cc1cc(Cl)ccc1NC(=O)CN(c1cc(Cl)cc(Cl)c1)S(=O)(=O)c1ccccc1. The molecule has 0 aliphatic carbocycles. The van der Waals surface area contributed by atoms with Gasteiger partial charge in [-0.1, -0.05) is 53.0 Å². The monoisotopic (exact) mass is 482 g/mol. The van der Waals surface area contributed by atoms with Gasteiger partial charge in [-0.05, 0) is 61.0 Å². The van der Waals surface area contributed by atoms with Crippen molar-refractivity contribution < 1.29 is 13.2 Å². The molecule has 0 atom stereocenters. The van der Waals surface area contributed by atoms with Gasteiger partial charge in [0.05, 0.1) is 10.6 Å². The summed E-state index contributed by atoms with van der Waals surface area (Å²) in [7, 11) is -4.06. The number of anilines is 2. The van der Waals surface area contributed by atoms with Gasteiger partial charge in [0.15, 0.2) is 0 Å². The molecule has 0 fully saturated rings. The van der Waals surface area contributed by atoms with Crippen LogP contribution in [0.15, 0.2) is 71.6 Å². The highest BCUT2D eigenvalue weighted by Gasteiger charge is 2.27. The first kappa shape index (κ1) is 22.4. The highest BCUT2D eigenvalue weighted by Crippen LogP contribution is 2.30. The van der Waals surface area contributed by atoms with E-state index in [1.54, 1.807) is 43.3 Å². The summed E-state index contributed by atoms with van der Waals surface area (Å²) in [6.45, 7) is 1.31. The van der Waals surface area contributed by atoms with Crippen LogP contribution < -0.4 is 9.62 Å². The van der Waals surface area contributed by atoms with Gasteiger partial charge in [0.2, 0.25) is 5.91 Å². The maximum atomic E-state index is 13.3.